The molecule has 0 atom stereocenters. The van der Waals surface area contributed by atoms with Crippen LogP contribution in [0.15, 0.2) is 23.1 Å². The summed E-state index contributed by atoms with van der Waals surface area (Å²) >= 11 is 5.90. The van der Waals surface area contributed by atoms with Crippen LogP contribution in [0.5, 0.6) is 0 Å². The first kappa shape index (κ1) is 13.4. The first-order chi connectivity index (χ1) is 9.54. The Kier molecular flexibility index (Phi) is 3.38. The molecule has 0 unspecified atom stereocenters. The molecule has 0 aliphatic heterocycles. The molecule has 6 heteroatoms. The standard InChI is InChI=1S/C14H17ClN4O/c1-9(2)19-6-5-11(17-19)8-18-13(20)7-12(15)16-14(18)10-3-4-10/h5-7,9-10H,3-4,8H2,1-2H3. The molecule has 0 spiro atoms. The normalized spacial score (nSPS) is 15.0. The van der Waals surface area contributed by atoms with E-state index in [0.29, 0.717) is 18.5 Å². The van der Waals surface area contributed by atoms with Crippen molar-refractivity contribution in [2.45, 2.75) is 45.2 Å². The summed E-state index contributed by atoms with van der Waals surface area (Å²) in [5, 5.41) is 4.76. The first-order valence-electron chi connectivity index (χ1n) is 6.86. The van der Waals surface area contributed by atoms with Gasteiger partial charge in [-0.2, -0.15) is 5.10 Å². The maximum absolute atomic E-state index is 12.1. The Morgan fingerprint density at radius 2 is 2.20 bits per heavy atom. The van der Waals surface area contributed by atoms with Crippen molar-refractivity contribution in [3.8, 4) is 0 Å². The predicted molar refractivity (Wildman–Crippen MR) is 77.2 cm³/mol. The molecule has 20 heavy (non-hydrogen) atoms. The Morgan fingerprint density at radius 3 is 2.80 bits per heavy atom. The van der Waals surface area contributed by atoms with Crippen LogP contribution in [0.25, 0.3) is 0 Å². The third kappa shape index (κ3) is 2.63. The van der Waals surface area contributed by atoms with Gasteiger partial charge in [-0.25, -0.2) is 4.98 Å². The Labute approximate surface area is 122 Å². The van der Waals surface area contributed by atoms with Gasteiger partial charge in [0.05, 0.1) is 12.2 Å². The van der Waals surface area contributed by atoms with Crippen LogP contribution in [0.4, 0.5) is 0 Å². The summed E-state index contributed by atoms with van der Waals surface area (Å²) in [6, 6.07) is 3.62. The number of rotatable bonds is 4. The van der Waals surface area contributed by atoms with Gasteiger partial charge in [-0.3, -0.25) is 14.0 Å². The van der Waals surface area contributed by atoms with Gasteiger partial charge in [0, 0.05) is 24.2 Å². The van der Waals surface area contributed by atoms with Crippen LogP contribution < -0.4 is 5.56 Å². The van der Waals surface area contributed by atoms with E-state index in [-0.39, 0.29) is 10.7 Å². The fourth-order valence-electron chi connectivity index (χ4n) is 2.22. The van der Waals surface area contributed by atoms with Gasteiger partial charge in [0.25, 0.3) is 5.56 Å². The van der Waals surface area contributed by atoms with Crippen molar-refractivity contribution in [2.75, 3.05) is 0 Å². The number of nitrogens with zero attached hydrogens (tertiary/aromatic N) is 4. The molecule has 0 saturated heterocycles. The average molecular weight is 293 g/mol. The second kappa shape index (κ2) is 5.05. The fraction of sp³-hybridized carbons (Fsp3) is 0.500. The topological polar surface area (TPSA) is 52.7 Å². The second-order valence-electron chi connectivity index (χ2n) is 5.52. The highest BCUT2D eigenvalue weighted by atomic mass is 35.5. The van der Waals surface area contributed by atoms with Gasteiger partial charge in [-0.15, -0.1) is 0 Å². The maximum atomic E-state index is 12.1. The van der Waals surface area contributed by atoms with E-state index in [2.05, 4.69) is 23.9 Å². The minimum Gasteiger partial charge on any atom is -0.290 e. The van der Waals surface area contributed by atoms with E-state index >= 15 is 0 Å². The minimum absolute atomic E-state index is 0.106. The third-order valence-electron chi connectivity index (χ3n) is 3.46. The number of hydrogen-bond donors (Lipinski definition) is 0. The largest absolute Gasteiger partial charge is 0.290 e. The minimum atomic E-state index is -0.106. The quantitative estimate of drug-likeness (QED) is 0.814. The van der Waals surface area contributed by atoms with Gasteiger partial charge in [0.1, 0.15) is 11.0 Å². The zero-order valence-corrected chi connectivity index (χ0v) is 12.3. The molecule has 1 saturated carbocycles. The highest BCUT2D eigenvalue weighted by Crippen LogP contribution is 2.38. The summed E-state index contributed by atoms with van der Waals surface area (Å²) in [6.07, 6.45) is 4.09. The summed E-state index contributed by atoms with van der Waals surface area (Å²) in [4.78, 5) is 16.5. The van der Waals surface area contributed by atoms with Crippen LogP contribution in [0.2, 0.25) is 5.15 Å². The van der Waals surface area contributed by atoms with Gasteiger partial charge in [0.2, 0.25) is 0 Å². The summed E-state index contributed by atoms with van der Waals surface area (Å²) in [6.45, 7) is 4.60. The molecule has 5 nitrogen and oxygen atoms in total. The van der Waals surface area contributed by atoms with Crippen molar-refractivity contribution in [3.05, 3.63) is 45.4 Å². The Hall–Kier alpha value is -1.62. The van der Waals surface area contributed by atoms with E-state index in [9.17, 15) is 4.79 Å². The van der Waals surface area contributed by atoms with Crippen LogP contribution in [-0.2, 0) is 6.54 Å². The van der Waals surface area contributed by atoms with E-state index < -0.39 is 0 Å². The molecule has 2 aromatic rings. The van der Waals surface area contributed by atoms with Crippen molar-refractivity contribution >= 4 is 11.6 Å². The zero-order chi connectivity index (χ0) is 14.3. The highest BCUT2D eigenvalue weighted by Gasteiger charge is 2.29. The first-order valence-corrected chi connectivity index (χ1v) is 7.23. The number of aromatic nitrogens is 4. The lowest BCUT2D eigenvalue weighted by Gasteiger charge is -2.10. The molecule has 0 amide bonds. The van der Waals surface area contributed by atoms with E-state index in [1.54, 1.807) is 4.57 Å². The molecular weight excluding hydrogens is 276 g/mol. The number of hydrogen-bond acceptors (Lipinski definition) is 3. The van der Waals surface area contributed by atoms with Gasteiger partial charge in [-0.05, 0) is 32.8 Å². The molecule has 1 aliphatic rings. The van der Waals surface area contributed by atoms with Crippen molar-refractivity contribution in [1.82, 2.24) is 19.3 Å². The SMILES string of the molecule is CC(C)n1ccc(Cn2c(C3CC3)nc(Cl)cc2=O)n1. The van der Waals surface area contributed by atoms with Gasteiger partial charge in [-0.1, -0.05) is 11.6 Å². The van der Waals surface area contributed by atoms with Crippen LogP contribution >= 0.6 is 11.6 Å². The van der Waals surface area contributed by atoms with E-state index in [0.717, 1.165) is 24.4 Å². The second-order valence-corrected chi connectivity index (χ2v) is 5.90. The molecule has 1 aliphatic carbocycles. The highest BCUT2D eigenvalue weighted by molar-refractivity contribution is 6.29. The lowest BCUT2D eigenvalue weighted by atomic mass is 10.3. The lowest BCUT2D eigenvalue weighted by Crippen LogP contribution is -2.25. The molecule has 3 rings (SSSR count). The lowest BCUT2D eigenvalue weighted by molar-refractivity contribution is 0.521. The van der Waals surface area contributed by atoms with Gasteiger partial charge < -0.3 is 0 Å². The average Bonchev–Trinajstić information content (AvgIpc) is 3.11. The summed E-state index contributed by atoms with van der Waals surface area (Å²) in [7, 11) is 0. The predicted octanol–water partition coefficient (Wildman–Crippen LogP) is 2.60. The third-order valence-corrected chi connectivity index (χ3v) is 3.66. The molecule has 0 radical (unpaired) electrons. The molecule has 1 fully saturated rings. The molecule has 0 N–H and O–H groups in total. The van der Waals surface area contributed by atoms with Crippen LogP contribution in [0.1, 0.15) is 50.2 Å². The fourth-order valence-corrected chi connectivity index (χ4v) is 2.40. The Morgan fingerprint density at radius 1 is 1.45 bits per heavy atom. The van der Waals surface area contributed by atoms with Crippen LogP contribution in [0.3, 0.4) is 0 Å². The summed E-state index contributed by atoms with van der Waals surface area (Å²) < 4.78 is 3.58. The van der Waals surface area contributed by atoms with Gasteiger partial charge in [0.15, 0.2) is 0 Å². The van der Waals surface area contributed by atoms with Crippen molar-refractivity contribution in [1.29, 1.82) is 0 Å². The van der Waals surface area contributed by atoms with Crippen LogP contribution in [0, 0.1) is 0 Å². The van der Waals surface area contributed by atoms with E-state index in [1.807, 2.05) is 16.9 Å². The van der Waals surface area contributed by atoms with E-state index in [4.69, 9.17) is 11.6 Å². The smallest absolute Gasteiger partial charge is 0.255 e. The maximum Gasteiger partial charge on any atom is 0.255 e. The van der Waals surface area contributed by atoms with Gasteiger partial charge >= 0.3 is 0 Å². The summed E-state index contributed by atoms with van der Waals surface area (Å²) in [5.41, 5.74) is 0.762. The van der Waals surface area contributed by atoms with Crippen molar-refractivity contribution in [3.63, 3.8) is 0 Å². The van der Waals surface area contributed by atoms with E-state index in [1.165, 1.54) is 6.07 Å². The number of halogens is 1. The van der Waals surface area contributed by atoms with Crippen molar-refractivity contribution in [2.24, 2.45) is 0 Å². The van der Waals surface area contributed by atoms with Crippen molar-refractivity contribution < 1.29 is 0 Å². The zero-order valence-electron chi connectivity index (χ0n) is 11.6. The monoisotopic (exact) mass is 292 g/mol. The summed E-state index contributed by atoms with van der Waals surface area (Å²) in [5.74, 6) is 1.16. The van der Waals surface area contributed by atoms with Crippen LogP contribution in [-0.4, -0.2) is 19.3 Å². The molecule has 2 aromatic heterocycles. The Balaban J connectivity index is 1.95. The molecule has 2 heterocycles. The molecule has 106 valence electrons. The Bertz CT molecular complexity index is 685. The molecule has 0 bridgehead atoms. The molecular formula is C14H17ClN4O. The molecule has 0 aromatic carbocycles.